The van der Waals surface area contributed by atoms with Crippen molar-refractivity contribution in [2.75, 3.05) is 39.9 Å². The van der Waals surface area contributed by atoms with Gasteiger partial charge in [-0.15, -0.1) is 0 Å². The summed E-state index contributed by atoms with van der Waals surface area (Å²) in [4.78, 5) is 27.7. The second kappa shape index (κ2) is 10.4. The number of carbonyl (C=O) groups is 2. The number of hydrogen-bond donors (Lipinski definition) is 1. The number of ether oxygens (including phenoxy) is 2. The molecule has 1 heterocycles. The lowest BCUT2D eigenvalue weighted by molar-refractivity contribution is -0.117. The Bertz CT molecular complexity index is 807. The van der Waals surface area contributed by atoms with Crippen LogP contribution >= 0.6 is 0 Å². The normalized spacial score (nSPS) is 15.3. The van der Waals surface area contributed by atoms with Crippen molar-refractivity contribution in [2.24, 2.45) is 0 Å². The van der Waals surface area contributed by atoms with Crippen molar-refractivity contribution in [3.05, 3.63) is 41.1 Å². The predicted molar refractivity (Wildman–Crippen MR) is 108 cm³/mol. The van der Waals surface area contributed by atoms with Crippen molar-refractivity contribution in [1.29, 1.82) is 5.26 Å². The standard InChI is InChI=1S/C21H28N4O4/c1-5-29-19-7-6-15(2)12-18(19)16(3)23-20(26)17(13-22)14-24-8-10-25(11-9-24)21(27)28-4/h6-7,12,14,16H,5,8-11H2,1-4H3,(H,23,26)/b17-14-. The smallest absolute Gasteiger partial charge is 0.409 e. The molecule has 1 aromatic carbocycles. The van der Waals surface area contributed by atoms with Gasteiger partial charge >= 0.3 is 6.09 Å². The highest BCUT2D eigenvalue weighted by molar-refractivity contribution is 5.97. The average molecular weight is 400 g/mol. The molecule has 1 fully saturated rings. The molecular weight excluding hydrogens is 372 g/mol. The fraction of sp³-hybridized carbons (Fsp3) is 0.476. The summed E-state index contributed by atoms with van der Waals surface area (Å²) >= 11 is 0. The molecule has 0 bridgehead atoms. The Hall–Kier alpha value is -3.21. The van der Waals surface area contributed by atoms with Gasteiger partial charge < -0.3 is 24.6 Å². The van der Waals surface area contributed by atoms with Gasteiger partial charge in [-0.2, -0.15) is 5.26 Å². The minimum atomic E-state index is -0.445. The van der Waals surface area contributed by atoms with Crippen molar-refractivity contribution >= 4 is 12.0 Å². The summed E-state index contributed by atoms with van der Waals surface area (Å²) in [5, 5.41) is 12.3. The van der Waals surface area contributed by atoms with E-state index in [1.54, 1.807) is 11.1 Å². The van der Waals surface area contributed by atoms with Crippen molar-refractivity contribution in [2.45, 2.75) is 26.8 Å². The number of aryl methyl sites for hydroxylation is 1. The quantitative estimate of drug-likeness (QED) is 0.582. The van der Waals surface area contributed by atoms with Crippen LogP contribution in [0.15, 0.2) is 30.0 Å². The van der Waals surface area contributed by atoms with Crippen molar-refractivity contribution in [1.82, 2.24) is 15.1 Å². The number of carbonyl (C=O) groups excluding carboxylic acids is 2. The van der Waals surface area contributed by atoms with E-state index in [9.17, 15) is 14.9 Å². The first-order chi connectivity index (χ1) is 13.9. The molecule has 1 aliphatic rings. The Labute approximate surface area is 171 Å². The summed E-state index contributed by atoms with van der Waals surface area (Å²) in [6, 6.07) is 7.46. The van der Waals surface area contributed by atoms with Gasteiger partial charge in [0.2, 0.25) is 0 Å². The number of nitrogens with zero attached hydrogens (tertiary/aromatic N) is 3. The fourth-order valence-electron chi connectivity index (χ4n) is 3.13. The van der Waals surface area contributed by atoms with Crippen molar-refractivity contribution < 1.29 is 19.1 Å². The molecule has 8 heteroatoms. The predicted octanol–water partition coefficient (Wildman–Crippen LogP) is 2.36. The van der Waals surface area contributed by atoms with Crippen LogP contribution in [0.4, 0.5) is 4.79 Å². The number of nitriles is 1. The molecule has 0 aliphatic carbocycles. The summed E-state index contributed by atoms with van der Waals surface area (Å²) in [5.74, 6) is 0.270. The van der Waals surface area contributed by atoms with Crippen LogP contribution in [0.3, 0.4) is 0 Å². The van der Waals surface area contributed by atoms with Gasteiger partial charge in [-0.3, -0.25) is 4.79 Å². The SMILES string of the molecule is CCOc1ccc(C)cc1C(C)NC(=O)/C(C#N)=C\N1CCN(C(=O)OC)CC1. The van der Waals surface area contributed by atoms with E-state index < -0.39 is 5.91 Å². The molecule has 2 rings (SSSR count). The third-order valence-corrected chi connectivity index (χ3v) is 4.70. The number of amides is 2. The molecule has 1 unspecified atom stereocenters. The van der Waals surface area contributed by atoms with Crippen LogP contribution in [0.5, 0.6) is 5.75 Å². The first-order valence-electron chi connectivity index (χ1n) is 9.62. The molecule has 0 aromatic heterocycles. The molecule has 1 N–H and O–H groups in total. The molecule has 2 amide bonds. The van der Waals surface area contributed by atoms with Crippen LogP contribution in [0.25, 0.3) is 0 Å². The van der Waals surface area contributed by atoms with Crippen LogP contribution in [0.1, 0.15) is 31.0 Å². The van der Waals surface area contributed by atoms with Gasteiger partial charge in [0.05, 0.1) is 19.8 Å². The maximum atomic E-state index is 12.7. The molecule has 0 spiro atoms. The number of piperazine rings is 1. The second-order valence-electron chi connectivity index (χ2n) is 6.82. The van der Waals surface area contributed by atoms with E-state index >= 15 is 0 Å². The molecule has 0 saturated carbocycles. The van der Waals surface area contributed by atoms with E-state index in [0.717, 1.165) is 11.1 Å². The monoisotopic (exact) mass is 400 g/mol. The maximum absolute atomic E-state index is 12.7. The minimum Gasteiger partial charge on any atom is -0.494 e. The van der Waals surface area contributed by atoms with Gasteiger partial charge in [-0.05, 0) is 26.8 Å². The summed E-state index contributed by atoms with van der Waals surface area (Å²) in [6.07, 6.45) is 1.18. The molecule has 1 aliphatic heterocycles. The topological polar surface area (TPSA) is 94.9 Å². The molecule has 8 nitrogen and oxygen atoms in total. The van der Waals surface area contributed by atoms with Crippen LogP contribution in [0, 0.1) is 18.3 Å². The molecule has 1 atom stereocenters. The van der Waals surface area contributed by atoms with E-state index in [4.69, 9.17) is 9.47 Å². The first-order valence-corrected chi connectivity index (χ1v) is 9.62. The summed E-state index contributed by atoms with van der Waals surface area (Å²) < 4.78 is 10.4. The number of rotatable bonds is 6. The first kappa shape index (κ1) is 22.1. The summed E-state index contributed by atoms with van der Waals surface area (Å²) in [7, 11) is 1.35. The van der Waals surface area contributed by atoms with E-state index in [2.05, 4.69) is 5.32 Å². The zero-order valence-electron chi connectivity index (χ0n) is 17.4. The average Bonchev–Trinajstić information content (AvgIpc) is 2.73. The Kier molecular flexibility index (Phi) is 7.89. The maximum Gasteiger partial charge on any atom is 0.409 e. The van der Waals surface area contributed by atoms with Gasteiger partial charge in [-0.25, -0.2) is 4.79 Å². The summed E-state index contributed by atoms with van der Waals surface area (Å²) in [6.45, 7) is 8.26. The Balaban J connectivity index is 2.05. The Morgan fingerprint density at radius 2 is 2.00 bits per heavy atom. The van der Waals surface area contributed by atoms with Gasteiger partial charge in [0.25, 0.3) is 5.91 Å². The lowest BCUT2D eigenvalue weighted by atomic mass is 10.0. The van der Waals surface area contributed by atoms with Crippen molar-refractivity contribution in [3.63, 3.8) is 0 Å². The molecule has 156 valence electrons. The second-order valence-corrected chi connectivity index (χ2v) is 6.82. The Morgan fingerprint density at radius 3 is 2.59 bits per heavy atom. The van der Waals surface area contributed by atoms with Gasteiger partial charge in [0.1, 0.15) is 17.4 Å². The van der Waals surface area contributed by atoms with Gasteiger partial charge in [0.15, 0.2) is 0 Å². The van der Waals surface area contributed by atoms with Crippen LogP contribution in [-0.4, -0.2) is 61.7 Å². The van der Waals surface area contributed by atoms with Gasteiger partial charge in [-0.1, -0.05) is 17.7 Å². The van der Waals surface area contributed by atoms with Crippen molar-refractivity contribution in [3.8, 4) is 11.8 Å². The summed E-state index contributed by atoms with van der Waals surface area (Å²) in [5.41, 5.74) is 1.95. The molecule has 29 heavy (non-hydrogen) atoms. The van der Waals surface area contributed by atoms with E-state index in [-0.39, 0.29) is 17.7 Å². The van der Waals surface area contributed by atoms with Crippen LogP contribution < -0.4 is 10.1 Å². The molecule has 1 saturated heterocycles. The van der Waals surface area contributed by atoms with E-state index in [1.165, 1.54) is 7.11 Å². The highest BCUT2D eigenvalue weighted by atomic mass is 16.5. The molecule has 1 aromatic rings. The number of hydrogen-bond acceptors (Lipinski definition) is 6. The minimum absolute atomic E-state index is 0.0222. The fourth-order valence-corrected chi connectivity index (χ4v) is 3.13. The zero-order chi connectivity index (χ0) is 21.4. The van der Waals surface area contributed by atoms with E-state index in [0.29, 0.717) is 38.5 Å². The van der Waals surface area contributed by atoms with E-state index in [1.807, 2.05) is 49.9 Å². The molecular formula is C21H28N4O4. The Morgan fingerprint density at radius 1 is 1.31 bits per heavy atom. The lowest BCUT2D eigenvalue weighted by Crippen LogP contribution is -2.47. The van der Waals surface area contributed by atoms with Crippen LogP contribution in [0.2, 0.25) is 0 Å². The largest absolute Gasteiger partial charge is 0.494 e. The van der Waals surface area contributed by atoms with Gasteiger partial charge in [0, 0.05) is 37.9 Å². The number of benzene rings is 1. The van der Waals surface area contributed by atoms with Crippen LogP contribution in [-0.2, 0) is 9.53 Å². The highest BCUT2D eigenvalue weighted by Gasteiger charge is 2.22. The third-order valence-electron chi connectivity index (χ3n) is 4.70. The molecule has 0 radical (unpaired) electrons. The lowest BCUT2D eigenvalue weighted by Gasteiger charge is -2.33. The number of nitrogens with one attached hydrogen (secondary N) is 1. The highest BCUT2D eigenvalue weighted by Crippen LogP contribution is 2.26. The zero-order valence-corrected chi connectivity index (χ0v) is 17.4. The third kappa shape index (κ3) is 5.88. The number of methoxy groups -OCH3 is 1.